The third-order valence-electron chi connectivity index (χ3n) is 2.81. The fourth-order valence-corrected chi connectivity index (χ4v) is 1.98. The average Bonchev–Trinajstić information content (AvgIpc) is 2.45. The molecule has 2 aromatic carbocycles. The van der Waals surface area contributed by atoms with Gasteiger partial charge >= 0.3 is 6.18 Å². The van der Waals surface area contributed by atoms with E-state index in [0.29, 0.717) is 11.4 Å². The molecule has 0 aromatic heterocycles. The molecule has 0 saturated heterocycles. The summed E-state index contributed by atoms with van der Waals surface area (Å²) in [5.41, 5.74) is 0.839. The van der Waals surface area contributed by atoms with E-state index in [1.54, 1.807) is 60.7 Å². The van der Waals surface area contributed by atoms with E-state index in [2.05, 4.69) is 4.74 Å². The molecule has 20 heavy (non-hydrogen) atoms. The van der Waals surface area contributed by atoms with Crippen molar-refractivity contribution < 1.29 is 17.9 Å². The van der Waals surface area contributed by atoms with E-state index in [4.69, 9.17) is 0 Å². The van der Waals surface area contributed by atoms with E-state index < -0.39 is 12.4 Å². The van der Waals surface area contributed by atoms with Crippen molar-refractivity contribution in [2.75, 3.05) is 12.0 Å². The van der Waals surface area contributed by atoms with Crippen LogP contribution in [0.4, 0.5) is 24.5 Å². The Morgan fingerprint density at radius 2 is 1.25 bits per heavy atom. The van der Waals surface area contributed by atoms with Gasteiger partial charge in [-0.2, -0.15) is 13.2 Å². The molecule has 0 spiro atoms. The van der Waals surface area contributed by atoms with Crippen LogP contribution >= 0.6 is 0 Å². The molecule has 5 heteroatoms. The Hall–Kier alpha value is -2.01. The monoisotopic (exact) mass is 281 g/mol. The quantitative estimate of drug-likeness (QED) is 0.772. The molecule has 0 radical (unpaired) electrons. The first-order valence-electron chi connectivity index (χ1n) is 6.03. The number of halogens is 3. The lowest BCUT2D eigenvalue weighted by Crippen LogP contribution is -2.44. The van der Waals surface area contributed by atoms with Crippen molar-refractivity contribution >= 4 is 11.4 Å². The van der Waals surface area contributed by atoms with E-state index in [-0.39, 0.29) is 0 Å². The molecule has 1 atom stereocenters. The van der Waals surface area contributed by atoms with Crippen LogP contribution in [-0.4, -0.2) is 19.5 Å². The summed E-state index contributed by atoms with van der Waals surface area (Å²) in [5, 5.41) is 0. The molecule has 0 fully saturated rings. The topological polar surface area (TPSA) is 12.5 Å². The Balaban J connectivity index is 2.50. The summed E-state index contributed by atoms with van der Waals surface area (Å²) < 4.78 is 44.2. The smallest absolute Gasteiger partial charge is 0.353 e. The molecule has 0 N–H and O–H groups in total. The SMILES string of the molecule is COC(N(c1ccccc1)c1ccccc1)C(F)(F)F. The van der Waals surface area contributed by atoms with Crippen molar-refractivity contribution in [1.82, 2.24) is 0 Å². The van der Waals surface area contributed by atoms with E-state index in [0.717, 1.165) is 12.0 Å². The lowest BCUT2D eigenvalue weighted by Gasteiger charge is -2.33. The third kappa shape index (κ3) is 3.11. The fraction of sp³-hybridized carbons (Fsp3) is 0.200. The number of ether oxygens (including phenoxy) is 1. The van der Waals surface area contributed by atoms with Crippen LogP contribution in [-0.2, 0) is 4.74 Å². The van der Waals surface area contributed by atoms with Gasteiger partial charge in [-0.1, -0.05) is 36.4 Å². The number of nitrogens with zero attached hydrogens (tertiary/aromatic N) is 1. The number of hydrogen-bond acceptors (Lipinski definition) is 2. The van der Waals surface area contributed by atoms with Gasteiger partial charge in [-0.3, -0.25) is 0 Å². The first-order valence-corrected chi connectivity index (χ1v) is 6.03. The van der Waals surface area contributed by atoms with Gasteiger partial charge in [0, 0.05) is 18.5 Å². The Morgan fingerprint density at radius 3 is 1.55 bits per heavy atom. The Kier molecular flexibility index (Phi) is 4.29. The Labute approximate surface area is 115 Å². The third-order valence-corrected chi connectivity index (χ3v) is 2.81. The molecular formula is C15H14F3NO. The number of anilines is 2. The van der Waals surface area contributed by atoms with Gasteiger partial charge in [0.2, 0.25) is 6.23 Å². The van der Waals surface area contributed by atoms with Crippen molar-refractivity contribution in [2.24, 2.45) is 0 Å². The highest BCUT2D eigenvalue weighted by Crippen LogP contribution is 2.35. The predicted molar refractivity (Wildman–Crippen MR) is 71.9 cm³/mol. The second-order valence-corrected chi connectivity index (χ2v) is 4.17. The average molecular weight is 281 g/mol. The predicted octanol–water partition coefficient (Wildman–Crippen LogP) is 4.36. The number of methoxy groups -OCH3 is 1. The molecule has 0 aliphatic carbocycles. The van der Waals surface area contributed by atoms with E-state index in [1.807, 2.05) is 0 Å². The maximum Gasteiger partial charge on any atom is 0.434 e. The highest BCUT2D eigenvalue weighted by atomic mass is 19.4. The molecule has 0 aliphatic rings. The van der Waals surface area contributed by atoms with Crippen molar-refractivity contribution in [3.05, 3.63) is 60.7 Å². The lowest BCUT2D eigenvalue weighted by molar-refractivity contribution is -0.209. The summed E-state index contributed by atoms with van der Waals surface area (Å²) in [7, 11) is 1.05. The van der Waals surface area contributed by atoms with E-state index in [1.165, 1.54) is 0 Å². The molecule has 0 bridgehead atoms. The highest BCUT2D eigenvalue weighted by molar-refractivity contribution is 5.63. The maximum atomic E-state index is 13.2. The molecular weight excluding hydrogens is 267 g/mol. The van der Waals surface area contributed by atoms with Crippen LogP contribution in [0.2, 0.25) is 0 Å². The van der Waals surface area contributed by atoms with Crippen LogP contribution in [0.3, 0.4) is 0 Å². The van der Waals surface area contributed by atoms with Gasteiger partial charge in [0.15, 0.2) is 0 Å². The van der Waals surface area contributed by atoms with Gasteiger partial charge in [-0.05, 0) is 24.3 Å². The summed E-state index contributed by atoms with van der Waals surface area (Å²) in [6.45, 7) is 0. The van der Waals surface area contributed by atoms with Gasteiger partial charge in [0.1, 0.15) is 0 Å². The van der Waals surface area contributed by atoms with Crippen LogP contribution in [0.25, 0.3) is 0 Å². The van der Waals surface area contributed by atoms with Crippen LogP contribution in [0.5, 0.6) is 0 Å². The van der Waals surface area contributed by atoms with Gasteiger partial charge in [-0.15, -0.1) is 0 Å². The van der Waals surface area contributed by atoms with Crippen molar-refractivity contribution in [1.29, 1.82) is 0 Å². The minimum atomic E-state index is -4.50. The largest absolute Gasteiger partial charge is 0.434 e. The first-order chi connectivity index (χ1) is 9.54. The zero-order valence-corrected chi connectivity index (χ0v) is 10.8. The molecule has 2 aromatic rings. The minimum absolute atomic E-state index is 0.419. The molecule has 1 unspecified atom stereocenters. The standard InChI is InChI=1S/C15H14F3NO/c1-20-14(15(16,17)18)19(12-8-4-2-5-9-12)13-10-6-3-7-11-13/h2-11,14H,1H3. The molecule has 2 rings (SSSR count). The highest BCUT2D eigenvalue weighted by Gasteiger charge is 2.45. The van der Waals surface area contributed by atoms with Crippen LogP contribution in [0.15, 0.2) is 60.7 Å². The number of hydrogen-bond donors (Lipinski definition) is 0. The lowest BCUT2D eigenvalue weighted by atomic mass is 10.2. The number of benzene rings is 2. The van der Waals surface area contributed by atoms with E-state index in [9.17, 15) is 13.2 Å². The first kappa shape index (κ1) is 14.4. The van der Waals surface area contributed by atoms with Gasteiger partial charge in [0.05, 0.1) is 0 Å². The maximum absolute atomic E-state index is 13.2. The van der Waals surface area contributed by atoms with Crippen LogP contribution in [0, 0.1) is 0 Å². The second kappa shape index (κ2) is 5.96. The van der Waals surface area contributed by atoms with Gasteiger partial charge < -0.3 is 9.64 Å². The number of rotatable bonds is 4. The second-order valence-electron chi connectivity index (χ2n) is 4.17. The van der Waals surface area contributed by atoms with Crippen LogP contribution in [0.1, 0.15) is 0 Å². The fourth-order valence-electron chi connectivity index (χ4n) is 1.98. The van der Waals surface area contributed by atoms with Crippen molar-refractivity contribution in [3.63, 3.8) is 0 Å². The van der Waals surface area contributed by atoms with Gasteiger partial charge in [0.25, 0.3) is 0 Å². The van der Waals surface area contributed by atoms with Crippen molar-refractivity contribution in [2.45, 2.75) is 12.4 Å². The van der Waals surface area contributed by atoms with E-state index >= 15 is 0 Å². The molecule has 0 amide bonds. The Bertz CT molecular complexity index is 488. The summed E-state index contributed by atoms with van der Waals surface area (Å²) in [6, 6.07) is 16.7. The summed E-state index contributed by atoms with van der Waals surface area (Å²) in [5.74, 6) is 0. The zero-order chi connectivity index (χ0) is 14.6. The molecule has 0 heterocycles. The molecule has 0 aliphatic heterocycles. The minimum Gasteiger partial charge on any atom is -0.353 e. The summed E-state index contributed by atoms with van der Waals surface area (Å²) in [6.07, 6.45) is -6.53. The molecule has 2 nitrogen and oxygen atoms in total. The zero-order valence-electron chi connectivity index (χ0n) is 10.8. The Morgan fingerprint density at radius 1 is 0.850 bits per heavy atom. The normalized spacial score (nSPS) is 13.0. The van der Waals surface area contributed by atoms with Crippen LogP contribution < -0.4 is 4.90 Å². The number of para-hydroxylation sites is 2. The summed E-state index contributed by atoms with van der Waals surface area (Å²) in [4.78, 5) is 1.12. The summed E-state index contributed by atoms with van der Waals surface area (Å²) >= 11 is 0. The molecule has 106 valence electrons. The molecule has 0 saturated carbocycles. The van der Waals surface area contributed by atoms with Gasteiger partial charge in [-0.25, -0.2) is 0 Å². The van der Waals surface area contributed by atoms with Crippen molar-refractivity contribution in [3.8, 4) is 0 Å². The number of alkyl halides is 3.